The molecule has 1 aromatic heterocycles. The van der Waals surface area contributed by atoms with Crippen LogP contribution in [-0.2, 0) is 9.47 Å². The highest BCUT2D eigenvalue weighted by Crippen LogP contribution is 2.16. The van der Waals surface area contributed by atoms with E-state index in [2.05, 4.69) is 15.5 Å². The van der Waals surface area contributed by atoms with Crippen molar-refractivity contribution in [2.45, 2.75) is 19.1 Å². The zero-order valence-electron chi connectivity index (χ0n) is 13.2. The van der Waals surface area contributed by atoms with E-state index in [4.69, 9.17) is 19.9 Å². The van der Waals surface area contributed by atoms with E-state index < -0.39 is 0 Å². The smallest absolute Gasteiger partial charge is 0.205 e. The van der Waals surface area contributed by atoms with Gasteiger partial charge in [0.1, 0.15) is 11.6 Å². The van der Waals surface area contributed by atoms with E-state index in [9.17, 15) is 0 Å². The lowest BCUT2D eigenvalue weighted by atomic mass is 10.2. The predicted molar refractivity (Wildman–Crippen MR) is 94.6 cm³/mol. The second-order valence-electron chi connectivity index (χ2n) is 5.18. The van der Waals surface area contributed by atoms with Gasteiger partial charge in [-0.25, -0.2) is 4.98 Å². The Balaban J connectivity index is 1.41. The Hall–Kier alpha value is -2.16. The van der Waals surface area contributed by atoms with Gasteiger partial charge in [0.05, 0.1) is 26.0 Å². The molecule has 2 aromatic rings. The number of nitrogens with two attached hydrogens (primary N) is 1. The lowest BCUT2D eigenvalue weighted by Crippen LogP contribution is -2.26. The lowest BCUT2D eigenvalue weighted by molar-refractivity contribution is -0.183. The second kappa shape index (κ2) is 8.62. The molecule has 24 heavy (non-hydrogen) atoms. The van der Waals surface area contributed by atoms with Crippen molar-refractivity contribution in [3.8, 4) is 5.75 Å². The Kier molecular flexibility index (Phi) is 6.00. The Morgan fingerprint density at radius 2 is 2.12 bits per heavy atom. The number of nitrogen functional groups attached to an aromatic ring is 1. The molecule has 1 aliphatic rings. The summed E-state index contributed by atoms with van der Waals surface area (Å²) in [6.45, 7) is 2.09. The van der Waals surface area contributed by atoms with Crippen LogP contribution in [0.15, 0.2) is 34.7 Å². The molecule has 0 bridgehead atoms. The number of aromatic nitrogens is 1. The van der Waals surface area contributed by atoms with Crippen molar-refractivity contribution in [2.24, 2.45) is 5.10 Å². The zero-order valence-corrected chi connectivity index (χ0v) is 14.0. The summed E-state index contributed by atoms with van der Waals surface area (Å²) in [4.78, 5) is 4.06. The van der Waals surface area contributed by atoms with E-state index in [1.54, 1.807) is 11.6 Å². The number of benzene rings is 1. The maximum atomic E-state index is 5.70. The van der Waals surface area contributed by atoms with Crippen molar-refractivity contribution in [2.75, 3.05) is 31.0 Å². The number of anilines is 2. The number of hydrogen-bond acceptors (Lipinski definition) is 8. The molecule has 0 unspecified atom stereocenters. The average Bonchev–Trinajstić information content (AvgIpc) is 3.03. The highest BCUT2D eigenvalue weighted by molar-refractivity contribution is 7.14. The van der Waals surface area contributed by atoms with Gasteiger partial charge in [-0.05, 0) is 36.2 Å². The first-order valence-corrected chi connectivity index (χ1v) is 8.64. The zero-order chi connectivity index (χ0) is 16.6. The fourth-order valence-corrected chi connectivity index (χ4v) is 2.67. The van der Waals surface area contributed by atoms with E-state index in [1.807, 2.05) is 24.3 Å². The molecule has 1 aromatic carbocycles. The molecule has 0 saturated carbocycles. The summed E-state index contributed by atoms with van der Waals surface area (Å²) in [7, 11) is 0. The van der Waals surface area contributed by atoms with Crippen LogP contribution in [0.25, 0.3) is 0 Å². The minimum Gasteiger partial charge on any atom is -0.493 e. The van der Waals surface area contributed by atoms with Crippen LogP contribution in [0.3, 0.4) is 0 Å². The number of hydrogen-bond donors (Lipinski definition) is 2. The summed E-state index contributed by atoms with van der Waals surface area (Å²) in [6, 6.07) is 7.69. The SMILES string of the molecule is Nc1csc(NN=Cc2ccc(OCCC3OCCCO3)cc2)n1. The van der Waals surface area contributed by atoms with E-state index in [1.165, 1.54) is 11.3 Å². The first-order valence-electron chi connectivity index (χ1n) is 7.76. The first-order chi connectivity index (χ1) is 11.8. The van der Waals surface area contributed by atoms with Crippen LogP contribution >= 0.6 is 11.3 Å². The summed E-state index contributed by atoms with van der Waals surface area (Å²) in [5, 5.41) is 6.54. The molecule has 1 aliphatic heterocycles. The predicted octanol–water partition coefficient (Wildman–Crippen LogP) is 2.70. The van der Waals surface area contributed by atoms with Crippen LogP contribution in [0, 0.1) is 0 Å². The van der Waals surface area contributed by atoms with Gasteiger partial charge in [0.25, 0.3) is 0 Å². The number of rotatable bonds is 7. The van der Waals surface area contributed by atoms with Gasteiger partial charge in [-0.1, -0.05) is 0 Å². The normalized spacial score (nSPS) is 15.7. The molecule has 0 radical (unpaired) electrons. The van der Waals surface area contributed by atoms with Crippen molar-refractivity contribution in [1.82, 2.24) is 4.98 Å². The molecule has 128 valence electrons. The van der Waals surface area contributed by atoms with Crippen molar-refractivity contribution in [1.29, 1.82) is 0 Å². The minimum atomic E-state index is -0.142. The molecule has 7 nitrogen and oxygen atoms in total. The van der Waals surface area contributed by atoms with Crippen molar-refractivity contribution in [3.63, 3.8) is 0 Å². The van der Waals surface area contributed by atoms with Crippen LogP contribution in [0.4, 0.5) is 10.9 Å². The highest BCUT2D eigenvalue weighted by atomic mass is 32.1. The summed E-state index contributed by atoms with van der Waals surface area (Å²) >= 11 is 1.41. The van der Waals surface area contributed by atoms with E-state index >= 15 is 0 Å². The van der Waals surface area contributed by atoms with Crippen molar-refractivity contribution >= 4 is 28.5 Å². The summed E-state index contributed by atoms with van der Waals surface area (Å²) in [6.07, 6.45) is 3.26. The van der Waals surface area contributed by atoms with Gasteiger partial charge < -0.3 is 19.9 Å². The third-order valence-electron chi connectivity index (χ3n) is 3.29. The Labute approximate surface area is 144 Å². The van der Waals surface area contributed by atoms with E-state index in [0.717, 1.165) is 37.4 Å². The molecule has 0 atom stereocenters. The number of nitrogens with zero attached hydrogens (tertiary/aromatic N) is 2. The van der Waals surface area contributed by atoms with Gasteiger partial charge in [0.15, 0.2) is 6.29 Å². The summed E-state index contributed by atoms with van der Waals surface area (Å²) in [5.41, 5.74) is 9.34. The molecule has 0 spiro atoms. The molecule has 2 heterocycles. The summed E-state index contributed by atoms with van der Waals surface area (Å²) in [5.74, 6) is 1.30. The molecule has 1 fully saturated rings. The average molecular weight is 348 g/mol. The standard InChI is InChI=1S/C16H20N4O3S/c17-14-11-24-16(19-14)20-18-10-12-2-4-13(5-3-12)21-9-6-15-22-7-1-8-23-15/h2-5,10-11,15H,1,6-9,17H2,(H,19,20). The van der Waals surface area contributed by atoms with Crippen molar-refractivity contribution in [3.05, 3.63) is 35.2 Å². The molecule has 0 amide bonds. The molecule has 0 aliphatic carbocycles. The molecule has 3 rings (SSSR count). The quantitative estimate of drug-likeness (QED) is 0.590. The largest absolute Gasteiger partial charge is 0.493 e. The third kappa shape index (κ3) is 5.19. The third-order valence-corrected chi connectivity index (χ3v) is 4.06. The number of nitrogens with one attached hydrogen (secondary N) is 1. The lowest BCUT2D eigenvalue weighted by Gasteiger charge is -2.23. The van der Waals surface area contributed by atoms with Gasteiger partial charge in [-0.2, -0.15) is 5.10 Å². The maximum absolute atomic E-state index is 5.70. The number of ether oxygens (including phenoxy) is 3. The molecular weight excluding hydrogens is 328 g/mol. The van der Waals surface area contributed by atoms with Crippen LogP contribution in [0.1, 0.15) is 18.4 Å². The second-order valence-corrected chi connectivity index (χ2v) is 6.04. The molecule has 3 N–H and O–H groups in total. The Bertz CT molecular complexity index is 654. The molecular formula is C16H20N4O3S. The van der Waals surface area contributed by atoms with Gasteiger partial charge in [0, 0.05) is 11.8 Å². The van der Waals surface area contributed by atoms with Crippen LogP contribution in [0.5, 0.6) is 5.75 Å². The van der Waals surface area contributed by atoms with Crippen LogP contribution in [0.2, 0.25) is 0 Å². The van der Waals surface area contributed by atoms with Gasteiger partial charge in [-0.15, -0.1) is 11.3 Å². The van der Waals surface area contributed by atoms with Gasteiger partial charge in [0.2, 0.25) is 5.13 Å². The number of hydrazone groups is 1. The fourth-order valence-electron chi connectivity index (χ4n) is 2.13. The Morgan fingerprint density at radius 3 is 2.83 bits per heavy atom. The summed E-state index contributed by atoms with van der Waals surface area (Å²) < 4.78 is 16.7. The fraction of sp³-hybridized carbons (Fsp3) is 0.375. The maximum Gasteiger partial charge on any atom is 0.205 e. The first kappa shape index (κ1) is 16.7. The van der Waals surface area contributed by atoms with E-state index in [0.29, 0.717) is 17.6 Å². The van der Waals surface area contributed by atoms with E-state index in [-0.39, 0.29) is 6.29 Å². The van der Waals surface area contributed by atoms with Crippen molar-refractivity contribution < 1.29 is 14.2 Å². The minimum absolute atomic E-state index is 0.142. The van der Waals surface area contributed by atoms with Crippen LogP contribution < -0.4 is 15.9 Å². The molecule has 1 saturated heterocycles. The Morgan fingerprint density at radius 1 is 1.33 bits per heavy atom. The van der Waals surface area contributed by atoms with Gasteiger partial charge in [-0.3, -0.25) is 5.43 Å². The highest BCUT2D eigenvalue weighted by Gasteiger charge is 2.13. The van der Waals surface area contributed by atoms with Crippen LogP contribution in [-0.4, -0.2) is 37.3 Å². The monoisotopic (exact) mass is 348 g/mol. The number of thiazole rings is 1. The molecule has 8 heteroatoms. The van der Waals surface area contributed by atoms with Gasteiger partial charge >= 0.3 is 0 Å². The topological polar surface area (TPSA) is 91.0 Å².